The number of hydrogen-bond donors (Lipinski definition) is 1. The summed E-state index contributed by atoms with van der Waals surface area (Å²) in [6, 6.07) is 0. The molecule has 12 aliphatic rings. The van der Waals surface area contributed by atoms with E-state index in [1.54, 1.807) is 0 Å². The van der Waals surface area contributed by atoms with Crippen molar-refractivity contribution in [2.24, 2.45) is 20.9 Å². The molecule has 0 saturated carbocycles. The Morgan fingerprint density at radius 1 is 0.392 bits per heavy atom. The van der Waals surface area contributed by atoms with Crippen molar-refractivity contribution in [3.05, 3.63) is 0 Å². The number of nitrogens with zero attached hydrogens (tertiary/aromatic N) is 9. The molecule has 51 heavy (non-hydrogen) atoms. The van der Waals surface area contributed by atoms with E-state index in [1.165, 1.54) is 193 Å². The summed E-state index contributed by atoms with van der Waals surface area (Å²) in [6.45, 7) is 23.8. The maximum Gasteiger partial charge on any atom is 0.193 e. The molecule has 10 heteroatoms. The van der Waals surface area contributed by atoms with Gasteiger partial charge in [-0.3, -0.25) is 24.8 Å². The van der Waals surface area contributed by atoms with Crippen LogP contribution in [-0.4, -0.2) is 171 Å². The highest BCUT2D eigenvalue weighted by Crippen LogP contribution is 2.26. The van der Waals surface area contributed by atoms with Crippen LogP contribution in [0.25, 0.3) is 0 Å². The Bertz CT molecular complexity index is 913. The normalized spacial score (nSPS) is 29.0. The summed E-state index contributed by atoms with van der Waals surface area (Å²) in [5.41, 5.74) is 0. The Labute approximate surface area is 317 Å². The first kappa shape index (κ1) is 47.1. The molecule has 300 valence electrons. The Kier molecular flexibility index (Phi) is 24.0. The fourth-order valence-corrected chi connectivity index (χ4v) is 8.44. The predicted molar refractivity (Wildman–Crippen MR) is 226 cm³/mol. The molecule has 0 spiro atoms. The number of rotatable bonds is 0. The van der Waals surface area contributed by atoms with Crippen LogP contribution < -0.4 is 5.32 Å². The third-order valence-corrected chi connectivity index (χ3v) is 11.4. The van der Waals surface area contributed by atoms with Crippen molar-refractivity contribution >= 4 is 17.6 Å². The van der Waals surface area contributed by atoms with Crippen molar-refractivity contribution in [3.63, 3.8) is 0 Å². The lowest BCUT2D eigenvalue weighted by molar-refractivity contribution is 0.0647. The number of guanidine groups is 1. The highest BCUT2D eigenvalue weighted by molar-refractivity contribution is 5.84. The van der Waals surface area contributed by atoms with Crippen LogP contribution in [0, 0.1) is 5.92 Å². The van der Waals surface area contributed by atoms with Gasteiger partial charge in [0.25, 0.3) is 0 Å². The minimum Gasteiger partial charge on any atom is -0.360 e. The van der Waals surface area contributed by atoms with Gasteiger partial charge in [0.15, 0.2) is 5.96 Å². The smallest absolute Gasteiger partial charge is 0.193 e. The van der Waals surface area contributed by atoms with E-state index in [-0.39, 0.29) is 37.1 Å². The Morgan fingerprint density at radius 3 is 1.29 bits per heavy atom. The van der Waals surface area contributed by atoms with Crippen molar-refractivity contribution in [1.82, 2.24) is 34.7 Å². The average molecular weight is 719 g/mol. The van der Waals surface area contributed by atoms with E-state index < -0.39 is 0 Å². The first-order valence-corrected chi connectivity index (χ1v) is 19.6. The molecule has 9 saturated heterocycles. The fourth-order valence-electron chi connectivity index (χ4n) is 8.44. The number of piperidine rings is 3. The van der Waals surface area contributed by atoms with Gasteiger partial charge in [-0.05, 0) is 89.8 Å². The number of aliphatic imine (C=N–C) groups is 3. The van der Waals surface area contributed by atoms with Crippen molar-refractivity contribution in [2.45, 2.75) is 121 Å². The number of piperazine rings is 3. The minimum absolute atomic E-state index is 0. The fraction of sp³-hybridized carbons (Fsp3) is 0.927. The van der Waals surface area contributed by atoms with E-state index in [0.717, 1.165) is 38.1 Å². The van der Waals surface area contributed by atoms with Gasteiger partial charge in [-0.15, -0.1) is 0 Å². The SMILES string of the molecule is C.C.C.C.C.C1CCC2=NCCCN2CC1.C1CN2CCC1CC2.C1CN2CCN1CC2.C1CN=C2CCCN2C1.C1CN=C2NCCCN2C1. The van der Waals surface area contributed by atoms with Crippen LogP contribution in [0.15, 0.2) is 15.0 Å². The van der Waals surface area contributed by atoms with Crippen molar-refractivity contribution in [3.8, 4) is 0 Å². The average Bonchev–Trinajstić information content (AvgIpc) is 3.51. The third kappa shape index (κ3) is 15.2. The van der Waals surface area contributed by atoms with Gasteiger partial charge in [-0.2, -0.15) is 0 Å². The summed E-state index contributed by atoms with van der Waals surface area (Å²) >= 11 is 0. The Morgan fingerprint density at radius 2 is 0.824 bits per heavy atom. The van der Waals surface area contributed by atoms with Gasteiger partial charge in [-0.1, -0.05) is 43.6 Å². The maximum absolute atomic E-state index is 4.55. The van der Waals surface area contributed by atoms with Crippen LogP contribution in [0.4, 0.5) is 0 Å². The Hall–Kier alpha value is -1.91. The zero-order valence-corrected chi connectivity index (χ0v) is 29.2. The van der Waals surface area contributed by atoms with Gasteiger partial charge in [0.1, 0.15) is 0 Å². The summed E-state index contributed by atoms with van der Waals surface area (Å²) in [5.74, 6) is 5.02. The van der Waals surface area contributed by atoms with Gasteiger partial charge < -0.3 is 24.9 Å². The van der Waals surface area contributed by atoms with Gasteiger partial charge in [0, 0.05) is 118 Å². The number of fused-ring (bicyclic) bond motifs is 9. The molecule has 9 fully saturated rings. The second-order valence-electron chi connectivity index (χ2n) is 14.8. The van der Waals surface area contributed by atoms with E-state index in [1.807, 2.05) is 0 Å². The quantitative estimate of drug-likeness (QED) is 0.307. The number of hydrogen-bond acceptors (Lipinski definition) is 10. The molecule has 0 aliphatic carbocycles. The van der Waals surface area contributed by atoms with E-state index in [9.17, 15) is 0 Å². The van der Waals surface area contributed by atoms with Crippen molar-refractivity contribution in [2.75, 3.05) is 124 Å². The first-order valence-electron chi connectivity index (χ1n) is 19.6. The van der Waals surface area contributed by atoms with Gasteiger partial charge >= 0.3 is 0 Å². The lowest BCUT2D eigenvalue weighted by atomic mass is 9.89. The van der Waals surface area contributed by atoms with Crippen molar-refractivity contribution in [1.29, 1.82) is 0 Å². The lowest BCUT2D eigenvalue weighted by Crippen LogP contribution is -2.55. The highest BCUT2D eigenvalue weighted by Gasteiger charge is 2.25. The largest absolute Gasteiger partial charge is 0.360 e. The molecule has 0 amide bonds. The van der Waals surface area contributed by atoms with Gasteiger partial charge in [-0.25, -0.2) is 0 Å². The molecule has 0 unspecified atom stereocenters. The molecule has 0 atom stereocenters. The molecule has 4 bridgehead atoms. The van der Waals surface area contributed by atoms with E-state index in [2.05, 4.69) is 49.7 Å². The van der Waals surface area contributed by atoms with Crippen molar-refractivity contribution < 1.29 is 0 Å². The molecule has 12 rings (SSSR count). The molecule has 1 N–H and O–H groups in total. The lowest BCUT2D eigenvalue weighted by Gasteiger charge is -2.41. The molecular weight excluding hydrogens is 633 g/mol. The van der Waals surface area contributed by atoms with Crippen LogP contribution in [0.2, 0.25) is 0 Å². The predicted octanol–water partition coefficient (Wildman–Crippen LogP) is 6.49. The number of nitrogens with one attached hydrogen (secondary N) is 1. The summed E-state index contributed by atoms with van der Waals surface area (Å²) in [7, 11) is 0. The standard InChI is InChI=1S/C9H16N2.C7H13N3.C7H12N2.C7H13N.C6H12N2.5CH4/c1-2-5-9-10-6-4-8-11(9)7-3-1;1-3-8-7-9-4-2-6-10(7)5-1;1-3-7-8-4-2-6-9(7)5-1;1-4-8-5-2-7(1)3-6-8;1-2-8-5-3-7(1)4-6-8;;;;;/h1-8H2;1-6H2,(H,8,9);1-6H2;7H,1-6H2;1-6H2;5*1H4. The molecule has 12 aliphatic heterocycles. The molecule has 12 heterocycles. The monoisotopic (exact) mass is 719 g/mol. The molecule has 0 radical (unpaired) electrons. The summed E-state index contributed by atoms with van der Waals surface area (Å²) in [6.07, 6.45) is 17.4. The zero-order valence-electron chi connectivity index (χ0n) is 29.2. The molecule has 0 aromatic carbocycles. The number of amidine groups is 2. The second kappa shape index (κ2) is 26.0. The van der Waals surface area contributed by atoms with E-state index in [4.69, 9.17) is 0 Å². The van der Waals surface area contributed by atoms with Crippen LogP contribution in [-0.2, 0) is 0 Å². The van der Waals surface area contributed by atoms with Gasteiger partial charge in [0.2, 0.25) is 0 Å². The van der Waals surface area contributed by atoms with Crippen LogP contribution in [0.3, 0.4) is 0 Å². The maximum atomic E-state index is 4.55. The Balaban J connectivity index is 0.000000312. The van der Waals surface area contributed by atoms with E-state index >= 15 is 0 Å². The zero-order chi connectivity index (χ0) is 31.2. The first-order chi connectivity index (χ1) is 22.8. The molecular formula is C41H86N10. The topological polar surface area (TPSA) is 68.5 Å². The summed E-state index contributed by atoms with van der Waals surface area (Å²) in [4.78, 5) is 28.3. The molecule has 0 aromatic rings. The summed E-state index contributed by atoms with van der Waals surface area (Å²) < 4.78 is 0. The summed E-state index contributed by atoms with van der Waals surface area (Å²) in [5, 5.41) is 3.30. The molecule has 10 nitrogen and oxygen atoms in total. The highest BCUT2D eigenvalue weighted by atomic mass is 15.3. The van der Waals surface area contributed by atoms with Crippen LogP contribution in [0.1, 0.15) is 121 Å². The van der Waals surface area contributed by atoms with Crippen LogP contribution in [0.5, 0.6) is 0 Å². The third-order valence-electron chi connectivity index (χ3n) is 11.4. The van der Waals surface area contributed by atoms with Crippen LogP contribution >= 0.6 is 0 Å². The molecule has 0 aromatic heterocycles. The minimum atomic E-state index is 0. The second-order valence-corrected chi connectivity index (χ2v) is 14.8. The van der Waals surface area contributed by atoms with E-state index in [0.29, 0.717) is 0 Å². The van der Waals surface area contributed by atoms with Gasteiger partial charge in [0.05, 0.1) is 11.7 Å².